The quantitative estimate of drug-likeness (QED) is 0.281. The molecule has 0 spiro atoms. The Morgan fingerprint density at radius 1 is 0.925 bits per heavy atom. The predicted octanol–water partition coefficient (Wildman–Crippen LogP) is 4.70. The third kappa shape index (κ3) is 3.98. The average molecular weight is 538 g/mol. The van der Waals surface area contributed by atoms with Gasteiger partial charge < -0.3 is 24.3 Å². The van der Waals surface area contributed by atoms with Crippen LogP contribution in [0.1, 0.15) is 12.5 Å². The topological polar surface area (TPSA) is 100 Å². The lowest BCUT2D eigenvalue weighted by Crippen LogP contribution is -2.35. The number of nitrogens with one attached hydrogen (secondary N) is 1. The second-order valence-electron chi connectivity index (χ2n) is 9.43. The molecule has 3 aromatic carbocycles. The monoisotopic (exact) mass is 537 g/mol. The van der Waals surface area contributed by atoms with E-state index in [9.17, 15) is 9.59 Å². The maximum absolute atomic E-state index is 13.9. The van der Waals surface area contributed by atoms with Crippen LogP contribution in [-0.2, 0) is 11.3 Å². The van der Waals surface area contributed by atoms with E-state index in [-0.39, 0.29) is 11.5 Å². The zero-order valence-corrected chi connectivity index (χ0v) is 22.5. The van der Waals surface area contributed by atoms with Crippen LogP contribution in [0.5, 0.6) is 23.0 Å². The summed E-state index contributed by atoms with van der Waals surface area (Å²) in [6.45, 7) is 2.05. The van der Waals surface area contributed by atoms with Gasteiger partial charge in [-0.3, -0.25) is 19.0 Å². The fourth-order valence-electron chi connectivity index (χ4n) is 5.25. The summed E-state index contributed by atoms with van der Waals surface area (Å²) in [6.07, 6.45) is 0.979. The van der Waals surface area contributed by atoms with E-state index in [2.05, 4.69) is 10.3 Å². The highest BCUT2D eigenvalue weighted by atomic mass is 16.5. The van der Waals surface area contributed by atoms with E-state index in [1.165, 1.54) is 14.2 Å². The van der Waals surface area contributed by atoms with Crippen molar-refractivity contribution >= 4 is 44.0 Å². The minimum absolute atomic E-state index is 0.231. The number of methoxy groups -OCH3 is 3. The molecule has 0 saturated carbocycles. The molecule has 3 aromatic heterocycles. The molecule has 6 aromatic rings. The summed E-state index contributed by atoms with van der Waals surface area (Å²) in [5.41, 5.74) is 2.78. The molecule has 0 bridgehead atoms. The molecule has 0 aliphatic heterocycles. The summed E-state index contributed by atoms with van der Waals surface area (Å²) in [7, 11) is 4.65. The van der Waals surface area contributed by atoms with Crippen LogP contribution in [-0.4, -0.2) is 42.7 Å². The number of ether oxygens (including phenoxy) is 4. The zero-order chi connectivity index (χ0) is 28.0. The van der Waals surface area contributed by atoms with Gasteiger partial charge in [-0.2, -0.15) is 0 Å². The first-order valence-electron chi connectivity index (χ1n) is 12.8. The number of hydrogen-bond acceptors (Lipinski definition) is 7. The number of amides is 1. The normalized spacial score (nSPS) is 12.2. The van der Waals surface area contributed by atoms with E-state index in [0.717, 1.165) is 22.1 Å². The van der Waals surface area contributed by atoms with Crippen molar-refractivity contribution in [2.45, 2.75) is 19.6 Å². The van der Waals surface area contributed by atoms with E-state index in [4.69, 9.17) is 18.9 Å². The number of carbonyl (C=O) groups is 1. The molecule has 0 radical (unpaired) electrons. The van der Waals surface area contributed by atoms with Crippen molar-refractivity contribution in [1.29, 1.82) is 0 Å². The lowest BCUT2D eigenvalue weighted by atomic mass is 10.1. The molecule has 40 heavy (non-hydrogen) atoms. The second-order valence-corrected chi connectivity index (χ2v) is 9.43. The van der Waals surface area contributed by atoms with Crippen LogP contribution in [0, 0.1) is 0 Å². The summed E-state index contributed by atoms with van der Waals surface area (Å²) in [6, 6.07) is 18.4. The minimum Gasteiger partial charge on any atom is -0.497 e. The molecule has 9 nitrogen and oxygen atoms in total. The van der Waals surface area contributed by atoms with Gasteiger partial charge in [0.1, 0.15) is 11.5 Å². The smallest absolute Gasteiger partial charge is 0.267 e. The molecular weight excluding hydrogens is 510 g/mol. The van der Waals surface area contributed by atoms with Gasteiger partial charge in [0.25, 0.3) is 11.5 Å². The molecule has 1 atom stereocenters. The number of fused-ring (bicyclic) bond motifs is 5. The molecule has 1 N–H and O–H groups in total. The average Bonchev–Trinajstić information content (AvgIpc) is 3.32. The highest BCUT2D eigenvalue weighted by Crippen LogP contribution is 2.39. The van der Waals surface area contributed by atoms with Crippen molar-refractivity contribution in [3.63, 3.8) is 0 Å². The van der Waals surface area contributed by atoms with Gasteiger partial charge in [0.2, 0.25) is 0 Å². The lowest BCUT2D eigenvalue weighted by Gasteiger charge is -2.15. The molecule has 0 fully saturated rings. The number of rotatable bonds is 8. The van der Waals surface area contributed by atoms with Gasteiger partial charge in [0.05, 0.1) is 43.3 Å². The first-order chi connectivity index (χ1) is 19.4. The Labute approximate surface area is 229 Å². The van der Waals surface area contributed by atoms with Crippen LogP contribution < -0.4 is 29.8 Å². The Morgan fingerprint density at radius 2 is 1.77 bits per heavy atom. The largest absolute Gasteiger partial charge is 0.497 e. The number of aromatic nitrogens is 2. The molecule has 3 heterocycles. The predicted molar refractivity (Wildman–Crippen MR) is 153 cm³/mol. The van der Waals surface area contributed by atoms with E-state index in [1.54, 1.807) is 36.8 Å². The van der Waals surface area contributed by atoms with E-state index in [0.29, 0.717) is 51.1 Å². The number of carbonyl (C=O) groups excluding carboxylic acids is 1. The van der Waals surface area contributed by atoms with Gasteiger partial charge in [-0.25, -0.2) is 0 Å². The summed E-state index contributed by atoms with van der Waals surface area (Å²) in [4.78, 5) is 31.3. The lowest BCUT2D eigenvalue weighted by molar-refractivity contribution is -0.127. The summed E-state index contributed by atoms with van der Waals surface area (Å²) in [5.74, 6) is 1.82. The fourth-order valence-corrected chi connectivity index (χ4v) is 5.25. The van der Waals surface area contributed by atoms with Crippen molar-refractivity contribution in [2.24, 2.45) is 0 Å². The summed E-state index contributed by atoms with van der Waals surface area (Å²) >= 11 is 0. The Hall–Kier alpha value is -5.05. The van der Waals surface area contributed by atoms with Crippen LogP contribution in [0.2, 0.25) is 0 Å². The van der Waals surface area contributed by atoms with Crippen LogP contribution in [0.15, 0.2) is 71.7 Å². The van der Waals surface area contributed by atoms with Gasteiger partial charge in [-0.1, -0.05) is 12.1 Å². The maximum atomic E-state index is 13.9. The number of hydrogen-bond donors (Lipinski definition) is 1. The standard InChI is InChI=1S/C31H27N3O6/c1-17(30(35)33-16-18-6-5-7-19(14-18)37-2)40-20-8-10-24-23(15-20)21-12-13-32-27-22-9-11-25(38-3)29(39-4)26(22)31(36)34(24)28(21)27/h5-15,17H,16H2,1-4H3,(H,33,35). The van der Waals surface area contributed by atoms with Crippen LogP contribution in [0.3, 0.4) is 0 Å². The number of benzene rings is 3. The van der Waals surface area contributed by atoms with Crippen LogP contribution in [0.4, 0.5) is 0 Å². The third-order valence-corrected chi connectivity index (χ3v) is 7.15. The van der Waals surface area contributed by atoms with Crippen molar-refractivity contribution in [2.75, 3.05) is 21.3 Å². The molecule has 9 heteroatoms. The molecule has 1 unspecified atom stereocenters. The molecule has 0 aliphatic carbocycles. The maximum Gasteiger partial charge on any atom is 0.267 e. The molecule has 0 saturated heterocycles. The molecule has 1 amide bonds. The molecule has 202 valence electrons. The molecule has 0 aliphatic rings. The SMILES string of the molecule is COc1cccc(CNC(=O)C(C)Oc2ccc3c(c2)c2ccnc4c5ccc(OC)c(OC)c5c(=O)n3c24)c1. The van der Waals surface area contributed by atoms with Crippen molar-refractivity contribution in [1.82, 2.24) is 14.7 Å². The van der Waals surface area contributed by atoms with E-state index < -0.39 is 6.10 Å². The molecule has 6 rings (SSSR count). The van der Waals surface area contributed by atoms with Gasteiger partial charge in [0.15, 0.2) is 17.6 Å². The van der Waals surface area contributed by atoms with E-state index in [1.807, 2.05) is 48.5 Å². The van der Waals surface area contributed by atoms with Gasteiger partial charge in [-0.15, -0.1) is 0 Å². The highest BCUT2D eigenvalue weighted by molar-refractivity contribution is 6.19. The minimum atomic E-state index is -0.744. The highest BCUT2D eigenvalue weighted by Gasteiger charge is 2.23. The third-order valence-electron chi connectivity index (χ3n) is 7.15. The number of nitrogens with zero attached hydrogens (tertiary/aromatic N) is 2. The number of pyridine rings is 2. The van der Waals surface area contributed by atoms with Gasteiger partial charge >= 0.3 is 0 Å². The summed E-state index contributed by atoms with van der Waals surface area (Å²) in [5, 5.41) is 5.65. The first-order valence-corrected chi connectivity index (χ1v) is 12.8. The Kier molecular flexibility index (Phi) is 6.26. The Balaban J connectivity index is 1.38. The van der Waals surface area contributed by atoms with E-state index >= 15 is 0 Å². The zero-order valence-electron chi connectivity index (χ0n) is 22.5. The second kappa shape index (κ2) is 9.92. The van der Waals surface area contributed by atoms with Crippen LogP contribution in [0.25, 0.3) is 38.1 Å². The summed E-state index contributed by atoms with van der Waals surface area (Å²) < 4.78 is 24.0. The first kappa shape index (κ1) is 25.2. The Bertz CT molecular complexity index is 1970. The van der Waals surface area contributed by atoms with Crippen LogP contribution >= 0.6 is 0 Å². The fraction of sp³-hybridized carbons (Fsp3) is 0.194. The molecular formula is C31H27N3O6. The van der Waals surface area contributed by atoms with Gasteiger partial charge in [0, 0.05) is 28.9 Å². The van der Waals surface area contributed by atoms with Crippen molar-refractivity contribution in [3.05, 3.63) is 82.8 Å². The van der Waals surface area contributed by atoms with Gasteiger partial charge in [-0.05, 0) is 61.0 Å². The Morgan fingerprint density at radius 3 is 2.55 bits per heavy atom. The van der Waals surface area contributed by atoms with Crippen molar-refractivity contribution in [3.8, 4) is 23.0 Å². The van der Waals surface area contributed by atoms with Crippen molar-refractivity contribution < 1.29 is 23.7 Å².